The van der Waals surface area contributed by atoms with Gasteiger partial charge >= 0.3 is 0 Å². The minimum absolute atomic E-state index is 0.166. The van der Waals surface area contributed by atoms with Gasteiger partial charge in [0.1, 0.15) is 11.9 Å². The Bertz CT molecular complexity index is 699. The smallest absolute Gasteiger partial charge is 0.272 e. The SMILES string of the molecule is Cc1ccc(CN2CCCC2CC(O)c2ccco2)cc1[N+](=O)[O-]. The van der Waals surface area contributed by atoms with Gasteiger partial charge in [0.25, 0.3) is 5.69 Å². The van der Waals surface area contributed by atoms with Crippen molar-refractivity contribution in [1.82, 2.24) is 4.90 Å². The van der Waals surface area contributed by atoms with Crippen molar-refractivity contribution in [3.63, 3.8) is 0 Å². The first-order valence-electron chi connectivity index (χ1n) is 8.24. The lowest BCUT2D eigenvalue weighted by Crippen LogP contribution is -2.30. The lowest BCUT2D eigenvalue weighted by molar-refractivity contribution is -0.385. The molecule has 0 spiro atoms. The first-order chi connectivity index (χ1) is 11.5. The molecule has 2 unspecified atom stereocenters. The molecule has 0 radical (unpaired) electrons. The molecule has 3 rings (SSSR count). The van der Waals surface area contributed by atoms with Gasteiger partial charge in [-0.05, 0) is 50.4 Å². The Morgan fingerprint density at radius 2 is 2.29 bits per heavy atom. The summed E-state index contributed by atoms with van der Waals surface area (Å²) >= 11 is 0. The van der Waals surface area contributed by atoms with Crippen LogP contribution in [0.5, 0.6) is 0 Å². The molecule has 6 nitrogen and oxygen atoms in total. The van der Waals surface area contributed by atoms with Gasteiger partial charge in [0, 0.05) is 24.2 Å². The number of aliphatic hydroxyl groups excluding tert-OH is 1. The summed E-state index contributed by atoms with van der Waals surface area (Å²) in [7, 11) is 0. The Kier molecular flexibility index (Phi) is 4.97. The summed E-state index contributed by atoms with van der Waals surface area (Å²) in [6.45, 7) is 3.36. The van der Waals surface area contributed by atoms with Gasteiger partial charge in [-0.1, -0.05) is 12.1 Å². The molecule has 24 heavy (non-hydrogen) atoms. The van der Waals surface area contributed by atoms with E-state index in [4.69, 9.17) is 4.42 Å². The largest absolute Gasteiger partial charge is 0.467 e. The number of rotatable bonds is 6. The molecule has 128 valence electrons. The number of hydrogen-bond acceptors (Lipinski definition) is 5. The van der Waals surface area contributed by atoms with E-state index < -0.39 is 6.10 Å². The Morgan fingerprint density at radius 1 is 1.46 bits per heavy atom. The minimum atomic E-state index is -0.613. The second-order valence-corrected chi connectivity index (χ2v) is 6.41. The van der Waals surface area contributed by atoms with Crippen LogP contribution >= 0.6 is 0 Å². The van der Waals surface area contributed by atoms with E-state index in [2.05, 4.69) is 4.90 Å². The van der Waals surface area contributed by atoms with E-state index in [-0.39, 0.29) is 16.7 Å². The van der Waals surface area contributed by atoms with Gasteiger partial charge in [-0.3, -0.25) is 15.0 Å². The van der Waals surface area contributed by atoms with Crippen LogP contribution in [0.15, 0.2) is 41.0 Å². The Balaban J connectivity index is 1.68. The van der Waals surface area contributed by atoms with Crippen LogP contribution in [0.3, 0.4) is 0 Å². The highest BCUT2D eigenvalue weighted by molar-refractivity contribution is 5.42. The lowest BCUT2D eigenvalue weighted by Gasteiger charge is -2.26. The number of nitro groups is 1. The first-order valence-corrected chi connectivity index (χ1v) is 8.24. The van der Waals surface area contributed by atoms with E-state index in [1.807, 2.05) is 6.07 Å². The van der Waals surface area contributed by atoms with E-state index in [9.17, 15) is 15.2 Å². The van der Waals surface area contributed by atoms with Crippen molar-refractivity contribution in [3.8, 4) is 0 Å². The molecule has 1 N–H and O–H groups in total. The van der Waals surface area contributed by atoms with Gasteiger partial charge in [0.15, 0.2) is 0 Å². The molecule has 1 aromatic carbocycles. The van der Waals surface area contributed by atoms with Crippen molar-refractivity contribution in [2.45, 2.75) is 44.9 Å². The zero-order chi connectivity index (χ0) is 17.1. The summed E-state index contributed by atoms with van der Waals surface area (Å²) in [5.41, 5.74) is 1.78. The fourth-order valence-corrected chi connectivity index (χ4v) is 3.41. The van der Waals surface area contributed by atoms with Crippen LogP contribution in [-0.4, -0.2) is 27.5 Å². The van der Waals surface area contributed by atoms with Crippen molar-refractivity contribution in [3.05, 3.63) is 63.6 Å². The molecule has 1 aliphatic rings. The van der Waals surface area contributed by atoms with E-state index in [0.29, 0.717) is 24.3 Å². The van der Waals surface area contributed by atoms with Crippen molar-refractivity contribution in [2.75, 3.05) is 6.54 Å². The normalized spacial score (nSPS) is 19.5. The number of aliphatic hydroxyl groups is 1. The molecule has 0 bridgehead atoms. The predicted molar refractivity (Wildman–Crippen MR) is 89.6 cm³/mol. The van der Waals surface area contributed by atoms with Crippen molar-refractivity contribution >= 4 is 5.69 Å². The molecule has 6 heteroatoms. The zero-order valence-electron chi connectivity index (χ0n) is 13.7. The minimum Gasteiger partial charge on any atom is -0.467 e. The third-order valence-electron chi connectivity index (χ3n) is 4.72. The Labute approximate surface area is 140 Å². The number of aryl methyl sites for hydroxylation is 1. The predicted octanol–water partition coefficient (Wildman–Crippen LogP) is 3.58. The molecule has 2 aromatic rings. The van der Waals surface area contributed by atoms with Crippen LogP contribution in [0.2, 0.25) is 0 Å². The van der Waals surface area contributed by atoms with E-state index in [0.717, 1.165) is 24.9 Å². The summed E-state index contributed by atoms with van der Waals surface area (Å²) < 4.78 is 5.27. The number of benzene rings is 1. The third-order valence-corrected chi connectivity index (χ3v) is 4.72. The number of furan rings is 1. The highest BCUT2D eigenvalue weighted by Crippen LogP contribution is 2.29. The van der Waals surface area contributed by atoms with Gasteiger partial charge in [0.2, 0.25) is 0 Å². The number of hydrogen-bond donors (Lipinski definition) is 1. The molecule has 2 atom stereocenters. The van der Waals surface area contributed by atoms with Crippen LogP contribution in [0.25, 0.3) is 0 Å². The van der Waals surface area contributed by atoms with Crippen LogP contribution in [0, 0.1) is 17.0 Å². The van der Waals surface area contributed by atoms with Gasteiger partial charge in [0.05, 0.1) is 11.2 Å². The summed E-state index contributed by atoms with van der Waals surface area (Å²) in [6, 6.07) is 9.22. The first kappa shape index (κ1) is 16.7. The second kappa shape index (κ2) is 7.15. The average molecular weight is 330 g/mol. The fourth-order valence-electron chi connectivity index (χ4n) is 3.41. The zero-order valence-corrected chi connectivity index (χ0v) is 13.7. The van der Waals surface area contributed by atoms with Crippen molar-refractivity contribution in [2.24, 2.45) is 0 Å². The van der Waals surface area contributed by atoms with Gasteiger partial charge in [-0.2, -0.15) is 0 Å². The summed E-state index contributed by atoms with van der Waals surface area (Å²) in [4.78, 5) is 13.1. The summed E-state index contributed by atoms with van der Waals surface area (Å²) in [5, 5.41) is 21.4. The topological polar surface area (TPSA) is 79.8 Å². The Hall–Kier alpha value is -2.18. The van der Waals surface area contributed by atoms with Gasteiger partial charge < -0.3 is 9.52 Å². The van der Waals surface area contributed by atoms with Crippen LogP contribution < -0.4 is 0 Å². The van der Waals surface area contributed by atoms with Crippen LogP contribution in [-0.2, 0) is 6.54 Å². The van der Waals surface area contributed by atoms with E-state index in [1.54, 1.807) is 37.5 Å². The highest BCUT2D eigenvalue weighted by atomic mass is 16.6. The number of likely N-dealkylation sites (tertiary alicyclic amines) is 1. The molecule has 1 fully saturated rings. The maximum Gasteiger partial charge on any atom is 0.272 e. The highest BCUT2D eigenvalue weighted by Gasteiger charge is 2.28. The number of nitrogens with zero attached hydrogens (tertiary/aromatic N) is 2. The third kappa shape index (κ3) is 3.66. The molecule has 2 heterocycles. The lowest BCUT2D eigenvalue weighted by atomic mass is 10.0. The molecular weight excluding hydrogens is 308 g/mol. The van der Waals surface area contributed by atoms with E-state index in [1.165, 1.54) is 0 Å². The molecule has 1 aliphatic heterocycles. The molecule has 0 saturated carbocycles. The summed E-state index contributed by atoms with van der Waals surface area (Å²) in [6.07, 6.45) is 3.66. The van der Waals surface area contributed by atoms with Crippen LogP contribution in [0.4, 0.5) is 5.69 Å². The van der Waals surface area contributed by atoms with E-state index >= 15 is 0 Å². The molecule has 1 aromatic heterocycles. The Morgan fingerprint density at radius 3 is 3.00 bits per heavy atom. The monoisotopic (exact) mass is 330 g/mol. The summed E-state index contributed by atoms with van der Waals surface area (Å²) in [5.74, 6) is 0.591. The average Bonchev–Trinajstić information content (AvgIpc) is 3.21. The fraction of sp³-hybridized carbons (Fsp3) is 0.444. The molecular formula is C18H22N2O4. The standard InChI is InChI=1S/C18H22N2O4/c1-13-6-7-14(10-16(13)20(22)23)12-19-8-2-4-15(19)11-17(21)18-5-3-9-24-18/h3,5-7,9-10,15,17,21H,2,4,8,11-12H2,1H3. The molecule has 0 aliphatic carbocycles. The van der Waals surface area contributed by atoms with Gasteiger partial charge in [-0.25, -0.2) is 0 Å². The number of nitro benzene ring substituents is 1. The van der Waals surface area contributed by atoms with Crippen LogP contribution in [0.1, 0.15) is 42.3 Å². The maximum absolute atomic E-state index is 11.1. The van der Waals surface area contributed by atoms with Crippen molar-refractivity contribution in [1.29, 1.82) is 0 Å². The quantitative estimate of drug-likeness (QED) is 0.647. The molecule has 0 amide bonds. The maximum atomic E-state index is 11.1. The van der Waals surface area contributed by atoms with Crippen molar-refractivity contribution < 1.29 is 14.4 Å². The van der Waals surface area contributed by atoms with Gasteiger partial charge in [-0.15, -0.1) is 0 Å². The second-order valence-electron chi connectivity index (χ2n) is 6.41. The molecule has 1 saturated heterocycles.